The molecule has 0 saturated carbocycles. The second-order valence-electron chi connectivity index (χ2n) is 18.1. The minimum atomic E-state index is -0.803. The van der Waals surface area contributed by atoms with Gasteiger partial charge in [0.2, 0.25) is 0 Å². The smallest absolute Gasteiger partial charge is 0.306 e. The van der Waals surface area contributed by atoms with Crippen LogP contribution in [0.15, 0.2) is 109 Å². The summed E-state index contributed by atoms with van der Waals surface area (Å²) in [5, 5.41) is 0. The van der Waals surface area contributed by atoms with E-state index in [2.05, 4.69) is 130 Å². The van der Waals surface area contributed by atoms with Gasteiger partial charge in [-0.25, -0.2) is 0 Å². The van der Waals surface area contributed by atoms with Gasteiger partial charge in [0.25, 0.3) is 0 Å². The number of unbranched alkanes of at least 4 members (excludes halogenated alkanes) is 20. The Balaban J connectivity index is 4.45. The highest BCUT2D eigenvalue weighted by Crippen LogP contribution is 2.14. The SMILES string of the molecule is CC/C=C\C/C=C\C/C=C\C/C=C\C/C=C\C/C=C\CCCCC(=O)OCC(COC(=O)CCCCCCCCCCCC)OC(=O)CCCCCCCC/C=C\C/C=C\C/C=C\CCCCC. The van der Waals surface area contributed by atoms with Gasteiger partial charge in [-0.2, -0.15) is 0 Å². The number of allylic oxidation sites excluding steroid dienone is 18. The number of esters is 3. The molecule has 0 rings (SSSR count). The highest BCUT2D eigenvalue weighted by molar-refractivity contribution is 5.71. The number of carbonyl (C=O) groups is 3. The minimum absolute atomic E-state index is 0.0977. The van der Waals surface area contributed by atoms with Gasteiger partial charge in [-0.05, 0) is 109 Å². The number of hydrogen-bond donors (Lipinski definition) is 0. The van der Waals surface area contributed by atoms with Crippen molar-refractivity contribution in [3.8, 4) is 0 Å². The molecule has 68 heavy (non-hydrogen) atoms. The summed E-state index contributed by atoms with van der Waals surface area (Å²) in [6.45, 7) is 6.43. The van der Waals surface area contributed by atoms with Crippen LogP contribution in [0.25, 0.3) is 0 Å². The van der Waals surface area contributed by atoms with E-state index in [0.29, 0.717) is 19.3 Å². The number of ether oxygens (including phenoxy) is 3. The predicted molar refractivity (Wildman–Crippen MR) is 293 cm³/mol. The first-order valence-corrected chi connectivity index (χ1v) is 27.9. The summed E-state index contributed by atoms with van der Waals surface area (Å²) in [7, 11) is 0. The highest BCUT2D eigenvalue weighted by Gasteiger charge is 2.19. The standard InChI is InChI=1S/C62H102O6/c1-4-7-10-13-16-19-22-24-26-28-30-31-33-34-36-38-40-43-46-49-52-55-61(64)67-58-59(57-66-60(63)54-51-48-45-42-21-18-15-12-9-6-3)68-62(65)56-53-50-47-44-41-39-37-35-32-29-27-25-23-20-17-14-11-8-5-2/h7,10,16-17,19-20,24-27,30-32,34-36,40,43,59H,4-6,8-9,11-15,18,21-23,28-29,33,37-39,41-42,44-58H2,1-3H3/b10-7-,19-16-,20-17-,26-24-,27-25-,31-30-,35-32-,36-34-,43-40-. The largest absolute Gasteiger partial charge is 0.462 e. The molecule has 0 aliphatic carbocycles. The average molecular weight is 943 g/mol. The lowest BCUT2D eigenvalue weighted by Crippen LogP contribution is -2.30. The molecule has 0 saturated heterocycles. The summed E-state index contributed by atoms with van der Waals surface area (Å²) in [5.41, 5.74) is 0. The Labute approximate surface area is 419 Å². The van der Waals surface area contributed by atoms with Crippen molar-refractivity contribution in [2.45, 2.75) is 252 Å². The molecule has 0 bridgehead atoms. The van der Waals surface area contributed by atoms with Crippen LogP contribution in [0, 0.1) is 0 Å². The van der Waals surface area contributed by atoms with Crippen LogP contribution >= 0.6 is 0 Å². The van der Waals surface area contributed by atoms with E-state index in [9.17, 15) is 14.4 Å². The Bertz CT molecular complexity index is 1410. The Kier molecular flexibility index (Phi) is 52.4. The summed E-state index contributed by atoms with van der Waals surface area (Å²) in [6.07, 6.45) is 75.0. The first kappa shape index (κ1) is 64.1. The van der Waals surface area contributed by atoms with Crippen LogP contribution in [-0.2, 0) is 28.6 Å². The van der Waals surface area contributed by atoms with Crippen molar-refractivity contribution in [2.24, 2.45) is 0 Å². The molecule has 386 valence electrons. The van der Waals surface area contributed by atoms with Gasteiger partial charge < -0.3 is 14.2 Å². The molecular weight excluding hydrogens is 841 g/mol. The van der Waals surface area contributed by atoms with Crippen LogP contribution in [-0.4, -0.2) is 37.2 Å². The van der Waals surface area contributed by atoms with Crippen LogP contribution in [0.1, 0.15) is 245 Å². The quantitative estimate of drug-likeness (QED) is 0.0262. The lowest BCUT2D eigenvalue weighted by atomic mass is 10.1. The van der Waals surface area contributed by atoms with E-state index < -0.39 is 6.10 Å². The third-order valence-corrected chi connectivity index (χ3v) is 11.5. The van der Waals surface area contributed by atoms with Crippen LogP contribution in [0.4, 0.5) is 0 Å². The topological polar surface area (TPSA) is 78.9 Å². The maximum Gasteiger partial charge on any atom is 0.306 e. The van der Waals surface area contributed by atoms with Crippen molar-refractivity contribution in [3.63, 3.8) is 0 Å². The van der Waals surface area contributed by atoms with Gasteiger partial charge in [0.05, 0.1) is 0 Å². The third-order valence-electron chi connectivity index (χ3n) is 11.5. The zero-order valence-corrected chi connectivity index (χ0v) is 44.1. The highest BCUT2D eigenvalue weighted by atomic mass is 16.6. The molecule has 0 radical (unpaired) electrons. The zero-order chi connectivity index (χ0) is 49.3. The van der Waals surface area contributed by atoms with Gasteiger partial charge in [0.1, 0.15) is 13.2 Å². The Morgan fingerprint density at radius 1 is 0.309 bits per heavy atom. The minimum Gasteiger partial charge on any atom is -0.462 e. The normalized spacial score (nSPS) is 12.9. The molecule has 0 aromatic carbocycles. The fourth-order valence-electron chi connectivity index (χ4n) is 7.33. The number of carbonyl (C=O) groups excluding carboxylic acids is 3. The average Bonchev–Trinajstić information content (AvgIpc) is 3.34. The summed E-state index contributed by atoms with van der Waals surface area (Å²) >= 11 is 0. The molecule has 0 fully saturated rings. The second kappa shape index (κ2) is 55.7. The summed E-state index contributed by atoms with van der Waals surface area (Å²) in [5.74, 6) is -0.959. The van der Waals surface area contributed by atoms with Gasteiger partial charge in [0, 0.05) is 19.3 Å². The summed E-state index contributed by atoms with van der Waals surface area (Å²) in [4.78, 5) is 38.0. The van der Waals surface area contributed by atoms with E-state index in [0.717, 1.165) is 122 Å². The maximum absolute atomic E-state index is 12.8. The Morgan fingerprint density at radius 2 is 0.574 bits per heavy atom. The fourth-order valence-corrected chi connectivity index (χ4v) is 7.33. The molecule has 0 spiro atoms. The maximum atomic E-state index is 12.8. The lowest BCUT2D eigenvalue weighted by Gasteiger charge is -2.18. The van der Waals surface area contributed by atoms with Crippen molar-refractivity contribution < 1.29 is 28.6 Å². The lowest BCUT2D eigenvalue weighted by molar-refractivity contribution is -0.167. The first-order valence-electron chi connectivity index (χ1n) is 27.9. The predicted octanol–water partition coefficient (Wildman–Crippen LogP) is 18.7. The third kappa shape index (κ3) is 53.0. The molecule has 0 N–H and O–H groups in total. The fraction of sp³-hybridized carbons (Fsp3) is 0.661. The number of rotatable bonds is 49. The van der Waals surface area contributed by atoms with Gasteiger partial charge in [-0.1, -0.05) is 226 Å². The van der Waals surface area contributed by atoms with Crippen molar-refractivity contribution in [1.29, 1.82) is 0 Å². The molecule has 0 heterocycles. The van der Waals surface area contributed by atoms with Crippen LogP contribution in [0.2, 0.25) is 0 Å². The molecule has 6 heteroatoms. The van der Waals surface area contributed by atoms with E-state index in [1.54, 1.807) is 0 Å². The van der Waals surface area contributed by atoms with Crippen LogP contribution < -0.4 is 0 Å². The molecule has 6 nitrogen and oxygen atoms in total. The molecule has 1 atom stereocenters. The van der Waals surface area contributed by atoms with Gasteiger partial charge in [0.15, 0.2) is 6.10 Å². The van der Waals surface area contributed by atoms with Crippen LogP contribution in [0.3, 0.4) is 0 Å². The Morgan fingerprint density at radius 3 is 0.956 bits per heavy atom. The van der Waals surface area contributed by atoms with E-state index in [-0.39, 0.29) is 31.1 Å². The Hall–Kier alpha value is -3.93. The van der Waals surface area contributed by atoms with Crippen molar-refractivity contribution >= 4 is 17.9 Å². The first-order chi connectivity index (χ1) is 33.5. The molecule has 0 aliphatic rings. The van der Waals surface area contributed by atoms with Gasteiger partial charge >= 0.3 is 17.9 Å². The molecular formula is C62H102O6. The van der Waals surface area contributed by atoms with Gasteiger partial charge in [-0.3, -0.25) is 14.4 Å². The van der Waals surface area contributed by atoms with E-state index >= 15 is 0 Å². The van der Waals surface area contributed by atoms with Crippen molar-refractivity contribution in [3.05, 3.63) is 109 Å². The van der Waals surface area contributed by atoms with Crippen LogP contribution in [0.5, 0.6) is 0 Å². The van der Waals surface area contributed by atoms with Crippen molar-refractivity contribution in [1.82, 2.24) is 0 Å². The molecule has 0 aromatic heterocycles. The van der Waals surface area contributed by atoms with E-state index in [1.165, 1.54) is 83.5 Å². The van der Waals surface area contributed by atoms with E-state index in [4.69, 9.17) is 14.2 Å². The number of hydrogen-bond acceptors (Lipinski definition) is 6. The monoisotopic (exact) mass is 943 g/mol. The second-order valence-corrected chi connectivity index (χ2v) is 18.1. The van der Waals surface area contributed by atoms with E-state index in [1.807, 2.05) is 0 Å². The summed E-state index contributed by atoms with van der Waals surface area (Å²) < 4.78 is 16.8. The van der Waals surface area contributed by atoms with Gasteiger partial charge in [-0.15, -0.1) is 0 Å². The van der Waals surface area contributed by atoms with Crippen molar-refractivity contribution in [2.75, 3.05) is 13.2 Å². The zero-order valence-electron chi connectivity index (χ0n) is 44.1. The summed E-state index contributed by atoms with van der Waals surface area (Å²) in [6, 6.07) is 0. The molecule has 0 aliphatic heterocycles. The molecule has 0 amide bonds. The molecule has 1 unspecified atom stereocenters. The molecule has 0 aromatic rings.